The summed E-state index contributed by atoms with van der Waals surface area (Å²) in [6, 6.07) is 7.61. The third-order valence-corrected chi connectivity index (χ3v) is 2.84. The molecular formula is C13H14IN3O2. The molecule has 1 aromatic carbocycles. The molecule has 6 heteroatoms. The van der Waals surface area contributed by atoms with Crippen LogP contribution in [0.15, 0.2) is 30.6 Å². The van der Waals surface area contributed by atoms with E-state index < -0.39 is 0 Å². The minimum atomic E-state index is -0.0114. The summed E-state index contributed by atoms with van der Waals surface area (Å²) in [6.45, 7) is 3.81. The summed E-state index contributed by atoms with van der Waals surface area (Å²) in [5, 5.41) is 0. The van der Waals surface area contributed by atoms with E-state index in [4.69, 9.17) is 15.2 Å². The van der Waals surface area contributed by atoms with Crippen LogP contribution in [0.5, 0.6) is 17.5 Å². The van der Waals surface area contributed by atoms with Crippen LogP contribution < -0.4 is 15.2 Å². The van der Waals surface area contributed by atoms with Gasteiger partial charge >= 0.3 is 0 Å². The van der Waals surface area contributed by atoms with Crippen molar-refractivity contribution in [3.8, 4) is 17.5 Å². The monoisotopic (exact) mass is 371 g/mol. The molecule has 1 aromatic heterocycles. The zero-order chi connectivity index (χ0) is 13.8. The minimum Gasteiger partial charge on any atom is -0.473 e. The lowest BCUT2D eigenvalue weighted by molar-refractivity contribution is 0.233. The highest BCUT2D eigenvalue weighted by atomic mass is 127. The lowest BCUT2D eigenvalue weighted by Gasteiger charge is -2.13. The summed E-state index contributed by atoms with van der Waals surface area (Å²) in [5.41, 5.74) is 6.24. The third-order valence-electron chi connectivity index (χ3n) is 2.17. The highest BCUT2D eigenvalue weighted by Gasteiger charge is 2.12. The van der Waals surface area contributed by atoms with Gasteiger partial charge in [0.05, 0.1) is 6.10 Å². The van der Waals surface area contributed by atoms with Crippen LogP contribution in [-0.2, 0) is 0 Å². The number of anilines is 1. The quantitative estimate of drug-likeness (QED) is 0.836. The molecule has 0 aliphatic heterocycles. The van der Waals surface area contributed by atoms with Crippen LogP contribution in [-0.4, -0.2) is 16.1 Å². The van der Waals surface area contributed by atoms with Crippen LogP contribution in [0.2, 0.25) is 0 Å². The molecular weight excluding hydrogens is 357 g/mol. The van der Waals surface area contributed by atoms with Crippen LogP contribution >= 0.6 is 22.6 Å². The molecule has 0 spiro atoms. The second-order valence-electron chi connectivity index (χ2n) is 4.12. The van der Waals surface area contributed by atoms with Gasteiger partial charge in [-0.05, 0) is 54.6 Å². The van der Waals surface area contributed by atoms with E-state index in [2.05, 4.69) is 32.6 Å². The van der Waals surface area contributed by atoms with E-state index in [0.717, 1.165) is 3.57 Å². The maximum atomic E-state index is 5.94. The molecule has 100 valence electrons. The van der Waals surface area contributed by atoms with Gasteiger partial charge in [-0.15, -0.1) is 0 Å². The predicted octanol–water partition coefficient (Wildman–Crippen LogP) is 3.24. The normalized spacial score (nSPS) is 10.5. The molecule has 0 aliphatic carbocycles. The van der Waals surface area contributed by atoms with Crippen molar-refractivity contribution in [2.75, 3.05) is 5.73 Å². The zero-order valence-corrected chi connectivity index (χ0v) is 12.8. The van der Waals surface area contributed by atoms with Gasteiger partial charge in [-0.2, -0.15) is 9.97 Å². The van der Waals surface area contributed by atoms with Gasteiger partial charge in [0, 0.05) is 3.57 Å². The van der Waals surface area contributed by atoms with Gasteiger partial charge in [-0.25, -0.2) is 0 Å². The van der Waals surface area contributed by atoms with Gasteiger partial charge in [0.2, 0.25) is 11.8 Å². The summed E-state index contributed by atoms with van der Waals surface area (Å²) < 4.78 is 12.2. The fraction of sp³-hybridized carbons (Fsp3) is 0.231. The number of hydrogen-bond donors (Lipinski definition) is 1. The molecule has 0 fully saturated rings. The summed E-state index contributed by atoms with van der Waals surface area (Å²) >= 11 is 2.21. The van der Waals surface area contributed by atoms with E-state index in [0.29, 0.717) is 23.2 Å². The smallest absolute Gasteiger partial charge is 0.249 e. The van der Waals surface area contributed by atoms with Crippen molar-refractivity contribution < 1.29 is 9.47 Å². The van der Waals surface area contributed by atoms with Crippen LogP contribution in [0.3, 0.4) is 0 Å². The Bertz CT molecular complexity index is 576. The lowest BCUT2D eigenvalue weighted by Crippen LogP contribution is -2.10. The number of halogens is 1. The minimum absolute atomic E-state index is 0.0114. The number of nitrogens with zero attached hydrogens (tertiary/aromatic N) is 2. The molecule has 0 amide bonds. The lowest BCUT2D eigenvalue weighted by atomic mass is 10.3. The van der Waals surface area contributed by atoms with Gasteiger partial charge in [-0.1, -0.05) is 6.07 Å². The number of nitrogens with two attached hydrogens (primary N) is 1. The van der Waals surface area contributed by atoms with E-state index in [1.54, 1.807) is 0 Å². The molecule has 2 N–H and O–H groups in total. The molecule has 1 heterocycles. The van der Waals surface area contributed by atoms with E-state index in [1.165, 1.54) is 6.33 Å². The Morgan fingerprint density at radius 2 is 1.95 bits per heavy atom. The summed E-state index contributed by atoms with van der Waals surface area (Å²) in [5.74, 6) is 1.31. The van der Waals surface area contributed by atoms with Crippen LogP contribution in [0, 0.1) is 3.57 Å². The molecule has 0 bridgehead atoms. The van der Waals surface area contributed by atoms with Gasteiger partial charge in [0.1, 0.15) is 12.1 Å². The molecule has 5 nitrogen and oxygen atoms in total. The van der Waals surface area contributed by atoms with E-state index in [-0.39, 0.29) is 6.10 Å². The van der Waals surface area contributed by atoms with Crippen molar-refractivity contribution >= 4 is 28.3 Å². The van der Waals surface area contributed by atoms with Gasteiger partial charge < -0.3 is 15.2 Å². The zero-order valence-electron chi connectivity index (χ0n) is 10.6. The van der Waals surface area contributed by atoms with Gasteiger partial charge in [0.25, 0.3) is 0 Å². The third kappa shape index (κ3) is 3.69. The molecule has 2 aromatic rings. The van der Waals surface area contributed by atoms with Crippen LogP contribution in [0.4, 0.5) is 5.69 Å². The molecule has 0 atom stereocenters. The second-order valence-corrected chi connectivity index (χ2v) is 5.37. The Hall–Kier alpha value is -1.57. The molecule has 0 unspecified atom stereocenters. The maximum absolute atomic E-state index is 5.94. The first-order chi connectivity index (χ1) is 9.06. The Morgan fingerprint density at radius 3 is 2.63 bits per heavy atom. The standard InChI is InChI=1S/C13H14IN3O2/c1-8(2)18-12-11(15)13(17-7-16-12)19-10-5-3-4-9(14)6-10/h3-8H,15H2,1-2H3. The first kappa shape index (κ1) is 13.9. The van der Waals surface area contributed by atoms with Crippen molar-refractivity contribution in [1.29, 1.82) is 0 Å². The average molecular weight is 371 g/mol. The first-order valence-electron chi connectivity index (χ1n) is 5.77. The first-order valence-corrected chi connectivity index (χ1v) is 6.84. The molecule has 0 radical (unpaired) electrons. The SMILES string of the molecule is CC(C)Oc1ncnc(Oc2cccc(I)c2)c1N. The highest BCUT2D eigenvalue weighted by molar-refractivity contribution is 14.1. The molecule has 0 aliphatic rings. The van der Waals surface area contributed by atoms with Crippen molar-refractivity contribution in [3.05, 3.63) is 34.2 Å². The van der Waals surface area contributed by atoms with Crippen LogP contribution in [0.1, 0.15) is 13.8 Å². The fourth-order valence-corrected chi connectivity index (χ4v) is 1.92. The highest BCUT2D eigenvalue weighted by Crippen LogP contribution is 2.31. The van der Waals surface area contributed by atoms with E-state index >= 15 is 0 Å². The maximum Gasteiger partial charge on any atom is 0.249 e. The van der Waals surface area contributed by atoms with E-state index in [9.17, 15) is 0 Å². The number of nitrogen functional groups attached to an aromatic ring is 1. The number of aromatic nitrogens is 2. The topological polar surface area (TPSA) is 70.3 Å². The average Bonchev–Trinajstić information content (AvgIpc) is 2.34. The predicted molar refractivity (Wildman–Crippen MR) is 81.4 cm³/mol. The molecule has 0 saturated heterocycles. The number of hydrogen-bond acceptors (Lipinski definition) is 5. The number of benzene rings is 1. The largest absolute Gasteiger partial charge is 0.473 e. The number of ether oxygens (including phenoxy) is 2. The van der Waals surface area contributed by atoms with Crippen LogP contribution in [0.25, 0.3) is 0 Å². The van der Waals surface area contributed by atoms with E-state index in [1.807, 2.05) is 38.1 Å². The Morgan fingerprint density at radius 1 is 1.21 bits per heavy atom. The second kappa shape index (κ2) is 6.05. The van der Waals surface area contributed by atoms with Crippen molar-refractivity contribution in [1.82, 2.24) is 9.97 Å². The Labute approximate surface area is 125 Å². The van der Waals surface area contributed by atoms with Gasteiger partial charge in [0.15, 0.2) is 5.69 Å². The molecule has 19 heavy (non-hydrogen) atoms. The van der Waals surface area contributed by atoms with Crippen molar-refractivity contribution in [2.24, 2.45) is 0 Å². The fourth-order valence-electron chi connectivity index (χ4n) is 1.40. The van der Waals surface area contributed by atoms with Crippen molar-refractivity contribution in [3.63, 3.8) is 0 Å². The molecule has 0 saturated carbocycles. The summed E-state index contributed by atoms with van der Waals surface area (Å²) in [4.78, 5) is 8.03. The molecule has 2 rings (SSSR count). The van der Waals surface area contributed by atoms with Crippen molar-refractivity contribution in [2.45, 2.75) is 20.0 Å². The summed E-state index contributed by atoms with van der Waals surface area (Å²) in [6.07, 6.45) is 1.36. The Kier molecular flexibility index (Phi) is 4.41. The van der Waals surface area contributed by atoms with Gasteiger partial charge in [-0.3, -0.25) is 0 Å². The number of rotatable bonds is 4. The Balaban J connectivity index is 2.25. The summed E-state index contributed by atoms with van der Waals surface area (Å²) in [7, 11) is 0.